The normalized spacial score (nSPS) is 11.9. The molecule has 1 heterocycles. The molecule has 51 heavy (non-hydrogen) atoms. The lowest BCUT2D eigenvalue weighted by molar-refractivity contribution is 0.440. The van der Waals surface area contributed by atoms with Crippen LogP contribution in [-0.4, -0.2) is 9.55 Å². The van der Waals surface area contributed by atoms with Gasteiger partial charge in [0.2, 0.25) is 0 Å². The molecule has 0 unspecified atom stereocenters. The molecule has 0 bridgehead atoms. The average Bonchev–Trinajstić information content (AvgIpc) is 3.62. The van der Waals surface area contributed by atoms with Crippen molar-refractivity contribution in [3.63, 3.8) is 0 Å². The van der Waals surface area contributed by atoms with E-state index in [0.717, 1.165) is 18.7 Å². The monoisotopic (exact) mass is 672 g/mol. The zero-order chi connectivity index (χ0) is 36.6. The molecule has 2 nitrogen and oxygen atoms in total. The van der Waals surface area contributed by atoms with Gasteiger partial charge in [-0.2, -0.15) is 0 Å². The summed E-state index contributed by atoms with van der Waals surface area (Å²) in [6.45, 7) is 25.2. The Bertz CT molecular complexity index is 2140. The van der Waals surface area contributed by atoms with Gasteiger partial charge in [0.15, 0.2) is 0 Å². The van der Waals surface area contributed by atoms with E-state index in [9.17, 15) is 0 Å². The fourth-order valence-corrected chi connectivity index (χ4v) is 7.82. The smallest absolute Gasteiger partial charge is 0.144 e. The largest absolute Gasteiger partial charge is 0.299 e. The van der Waals surface area contributed by atoms with Crippen molar-refractivity contribution in [2.24, 2.45) is 0 Å². The summed E-state index contributed by atoms with van der Waals surface area (Å²) in [4.78, 5) is 5.20. The molecule has 5 aromatic carbocycles. The van der Waals surface area contributed by atoms with Gasteiger partial charge in [-0.25, -0.2) is 4.98 Å². The van der Waals surface area contributed by atoms with E-state index >= 15 is 0 Å². The molecule has 0 saturated heterocycles. The number of nitrogens with zero attached hydrogens (tertiary/aromatic N) is 2. The molecule has 0 atom stereocenters. The van der Waals surface area contributed by atoms with Gasteiger partial charge in [-0.15, -0.1) is 0 Å². The number of hydrogen-bond donors (Lipinski definition) is 0. The average molecular weight is 673 g/mol. The van der Waals surface area contributed by atoms with Gasteiger partial charge in [0.1, 0.15) is 5.82 Å². The van der Waals surface area contributed by atoms with Crippen LogP contribution in [0.15, 0.2) is 103 Å². The number of imidazole rings is 1. The van der Waals surface area contributed by atoms with Crippen LogP contribution in [0.5, 0.6) is 0 Å². The van der Waals surface area contributed by atoms with E-state index in [-0.39, 0.29) is 5.41 Å². The summed E-state index contributed by atoms with van der Waals surface area (Å²) in [7, 11) is 0. The van der Waals surface area contributed by atoms with Crippen molar-refractivity contribution in [3.05, 3.63) is 142 Å². The standard InChI is InChI=1S/C49H56N2/c1-12-49(11,13-2)46-22-21-38(42-26-36(10)44(27-35(42)9)43-25-33(7)19-20-34(43)8)28-45(46)48-50-23-24-51(48)47-40(31(3)4)29-39(30-41(47)32(5)6)37-17-15-14-16-18-37/h14-32H,12-13H2,1-11H3. The first-order chi connectivity index (χ1) is 24.4. The van der Waals surface area contributed by atoms with Crippen LogP contribution >= 0.6 is 0 Å². The van der Waals surface area contributed by atoms with Crippen molar-refractivity contribution in [2.75, 3.05) is 0 Å². The lowest BCUT2D eigenvalue weighted by Crippen LogP contribution is -2.21. The minimum atomic E-state index is 0.0150. The summed E-state index contributed by atoms with van der Waals surface area (Å²) in [5, 5.41) is 0. The van der Waals surface area contributed by atoms with Gasteiger partial charge in [0, 0.05) is 18.0 Å². The van der Waals surface area contributed by atoms with Crippen molar-refractivity contribution in [2.45, 2.75) is 106 Å². The molecule has 0 fully saturated rings. The molecule has 6 aromatic rings. The lowest BCUT2D eigenvalue weighted by atomic mass is 9.75. The first-order valence-corrected chi connectivity index (χ1v) is 19.0. The Kier molecular flexibility index (Phi) is 10.3. The number of aromatic nitrogens is 2. The SMILES string of the molecule is CCC(C)(CC)c1ccc(-c2cc(C)c(-c3cc(C)ccc3C)cc2C)cc1-c1nccn1-c1c(C(C)C)cc(-c2ccccc2)cc1C(C)C. The predicted molar refractivity (Wildman–Crippen MR) is 220 cm³/mol. The Morgan fingerprint density at radius 3 is 1.82 bits per heavy atom. The van der Waals surface area contributed by atoms with Crippen LogP contribution in [0.3, 0.4) is 0 Å². The van der Waals surface area contributed by atoms with Gasteiger partial charge in [0.25, 0.3) is 0 Å². The Labute approximate surface area is 307 Å². The fourth-order valence-electron chi connectivity index (χ4n) is 7.82. The molecular formula is C49H56N2. The maximum atomic E-state index is 5.20. The highest BCUT2D eigenvalue weighted by molar-refractivity contribution is 5.81. The molecule has 6 rings (SSSR count). The van der Waals surface area contributed by atoms with Crippen molar-refractivity contribution >= 4 is 0 Å². The highest BCUT2D eigenvalue weighted by atomic mass is 15.1. The molecule has 0 aliphatic rings. The Morgan fingerprint density at radius 1 is 0.588 bits per heavy atom. The van der Waals surface area contributed by atoms with Crippen molar-refractivity contribution in [1.82, 2.24) is 9.55 Å². The molecule has 0 aliphatic carbocycles. The molecule has 2 heteroatoms. The minimum absolute atomic E-state index is 0.0150. The van der Waals surface area contributed by atoms with E-state index < -0.39 is 0 Å². The zero-order valence-corrected chi connectivity index (χ0v) is 32.8. The number of benzene rings is 5. The molecule has 0 aliphatic heterocycles. The molecule has 0 spiro atoms. The third kappa shape index (κ3) is 6.86. The summed E-state index contributed by atoms with van der Waals surface area (Å²) in [6, 6.07) is 34.4. The Balaban J connectivity index is 1.58. The quantitative estimate of drug-likeness (QED) is 0.142. The maximum absolute atomic E-state index is 5.20. The van der Waals surface area contributed by atoms with Crippen LogP contribution in [0, 0.1) is 27.7 Å². The summed E-state index contributed by atoms with van der Waals surface area (Å²) in [5.74, 6) is 1.68. The number of rotatable bonds is 10. The van der Waals surface area contributed by atoms with Gasteiger partial charge >= 0.3 is 0 Å². The van der Waals surface area contributed by atoms with Crippen LogP contribution in [0.1, 0.15) is 112 Å². The molecule has 0 saturated carbocycles. The van der Waals surface area contributed by atoms with Gasteiger partial charge in [0.05, 0.1) is 5.69 Å². The molecule has 1 aromatic heterocycles. The van der Waals surface area contributed by atoms with Crippen molar-refractivity contribution in [1.29, 1.82) is 0 Å². The number of hydrogen-bond acceptors (Lipinski definition) is 1. The first kappa shape index (κ1) is 36.1. The maximum Gasteiger partial charge on any atom is 0.144 e. The van der Waals surface area contributed by atoms with Gasteiger partial charge in [-0.05, 0) is 143 Å². The topological polar surface area (TPSA) is 17.8 Å². The van der Waals surface area contributed by atoms with Crippen molar-refractivity contribution < 1.29 is 0 Å². The van der Waals surface area contributed by atoms with E-state index in [2.05, 4.69) is 178 Å². The van der Waals surface area contributed by atoms with Gasteiger partial charge in [-0.1, -0.05) is 127 Å². The summed E-state index contributed by atoms with van der Waals surface area (Å²) < 4.78 is 2.40. The first-order valence-electron chi connectivity index (χ1n) is 19.0. The highest BCUT2D eigenvalue weighted by Crippen LogP contribution is 2.44. The summed E-state index contributed by atoms with van der Waals surface area (Å²) >= 11 is 0. The van der Waals surface area contributed by atoms with Gasteiger partial charge < -0.3 is 0 Å². The van der Waals surface area contributed by atoms with Gasteiger partial charge in [-0.3, -0.25) is 4.57 Å². The third-order valence-electron chi connectivity index (χ3n) is 11.4. The van der Waals surface area contributed by atoms with E-state index in [1.807, 2.05) is 6.20 Å². The molecule has 0 N–H and O–H groups in total. The second-order valence-corrected chi connectivity index (χ2v) is 15.6. The summed E-state index contributed by atoms with van der Waals surface area (Å²) in [6.07, 6.45) is 6.29. The van der Waals surface area contributed by atoms with Crippen LogP contribution < -0.4 is 0 Å². The van der Waals surface area contributed by atoms with Crippen molar-refractivity contribution in [3.8, 4) is 50.5 Å². The highest BCUT2D eigenvalue weighted by Gasteiger charge is 2.29. The van der Waals surface area contributed by atoms with E-state index in [0.29, 0.717) is 11.8 Å². The predicted octanol–water partition coefficient (Wildman–Crippen LogP) is 14.1. The van der Waals surface area contributed by atoms with Crippen LogP contribution in [0.2, 0.25) is 0 Å². The lowest BCUT2D eigenvalue weighted by Gasteiger charge is -2.31. The second kappa shape index (κ2) is 14.5. The Hall–Kier alpha value is -4.69. The summed E-state index contributed by atoms with van der Waals surface area (Å²) in [5.41, 5.74) is 19.4. The number of aryl methyl sites for hydroxylation is 4. The van der Waals surface area contributed by atoms with E-state index in [4.69, 9.17) is 4.98 Å². The minimum Gasteiger partial charge on any atom is -0.299 e. The molecule has 0 amide bonds. The third-order valence-corrected chi connectivity index (χ3v) is 11.4. The molecule has 0 radical (unpaired) electrons. The Morgan fingerprint density at radius 2 is 1.20 bits per heavy atom. The van der Waals surface area contributed by atoms with Crippen LogP contribution in [0.25, 0.3) is 50.5 Å². The van der Waals surface area contributed by atoms with E-state index in [1.54, 1.807) is 0 Å². The molecular weight excluding hydrogens is 617 g/mol. The van der Waals surface area contributed by atoms with Crippen LogP contribution in [-0.2, 0) is 5.41 Å². The molecule has 262 valence electrons. The zero-order valence-electron chi connectivity index (χ0n) is 32.8. The van der Waals surface area contributed by atoms with E-state index in [1.165, 1.54) is 83.6 Å². The fraction of sp³-hybridized carbons (Fsp3) is 0.327. The van der Waals surface area contributed by atoms with Crippen LogP contribution in [0.4, 0.5) is 0 Å². The second-order valence-electron chi connectivity index (χ2n) is 15.6.